The lowest BCUT2D eigenvalue weighted by atomic mass is 9.79. The summed E-state index contributed by atoms with van der Waals surface area (Å²) >= 11 is 0. The Bertz CT molecular complexity index is 690. The first-order chi connectivity index (χ1) is 11.6. The van der Waals surface area contributed by atoms with Crippen molar-refractivity contribution >= 4 is 17.9 Å². The van der Waals surface area contributed by atoms with Crippen molar-refractivity contribution in [2.75, 3.05) is 0 Å². The molecule has 0 atom stereocenters. The van der Waals surface area contributed by atoms with E-state index in [2.05, 4.69) is 10.3 Å². The van der Waals surface area contributed by atoms with Gasteiger partial charge in [0, 0.05) is 22.7 Å². The van der Waals surface area contributed by atoms with E-state index >= 15 is 0 Å². The molecule has 0 bridgehead atoms. The van der Waals surface area contributed by atoms with Gasteiger partial charge in [-0.1, -0.05) is 6.07 Å². The molecule has 1 aliphatic rings. The number of hydrogen-bond donors (Lipinski definition) is 2. The van der Waals surface area contributed by atoms with Crippen LogP contribution in [-0.4, -0.2) is 39.6 Å². The zero-order chi connectivity index (χ0) is 18.8. The summed E-state index contributed by atoms with van der Waals surface area (Å²) in [6.07, 6.45) is 2.10. The van der Waals surface area contributed by atoms with Gasteiger partial charge in [-0.05, 0) is 59.6 Å². The van der Waals surface area contributed by atoms with E-state index in [4.69, 9.17) is 4.74 Å². The molecular formula is C18H25N3O4. The third kappa shape index (κ3) is 4.25. The first-order valence-corrected chi connectivity index (χ1v) is 8.22. The van der Waals surface area contributed by atoms with Crippen LogP contribution in [0.4, 0.5) is 10.5 Å². The van der Waals surface area contributed by atoms with Crippen LogP contribution in [0.15, 0.2) is 23.2 Å². The SMILES string of the molecule is Cc1c(N=C=O)cccc1OC(=O)NC1CC(C)(C)N(O)C(C)(C)C1. The first kappa shape index (κ1) is 19.1. The lowest BCUT2D eigenvalue weighted by Crippen LogP contribution is -2.63. The molecule has 0 saturated carbocycles. The lowest BCUT2D eigenvalue weighted by Gasteiger charge is -2.51. The molecule has 0 radical (unpaired) electrons. The Labute approximate surface area is 147 Å². The van der Waals surface area contributed by atoms with Gasteiger partial charge in [-0.25, -0.2) is 9.59 Å². The maximum atomic E-state index is 12.3. The molecule has 1 fully saturated rings. The Morgan fingerprint density at radius 2 is 1.92 bits per heavy atom. The molecule has 1 aromatic rings. The largest absolute Gasteiger partial charge is 0.412 e. The fourth-order valence-corrected chi connectivity index (χ4v) is 3.55. The van der Waals surface area contributed by atoms with Crippen LogP contribution in [0.2, 0.25) is 0 Å². The number of rotatable bonds is 3. The normalized spacial score (nSPS) is 19.8. The van der Waals surface area contributed by atoms with Gasteiger partial charge in [-0.15, -0.1) is 0 Å². The van der Waals surface area contributed by atoms with E-state index in [9.17, 15) is 14.8 Å². The lowest BCUT2D eigenvalue weighted by molar-refractivity contribution is -0.245. The van der Waals surface area contributed by atoms with Crippen molar-refractivity contribution in [3.05, 3.63) is 23.8 Å². The molecule has 1 heterocycles. The molecule has 1 aliphatic heterocycles. The van der Waals surface area contributed by atoms with Crippen LogP contribution in [-0.2, 0) is 4.79 Å². The van der Waals surface area contributed by atoms with E-state index in [1.54, 1.807) is 25.1 Å². The molecule has 2 rings (SSSR count). The number of aliphatic imine (C=N–C) groups is 1. The van der Waals surface area contributed by atoms with Crippen molar-refractivity contribution in [3.63, 3.8) is 0 Å². The summed E-state index contributed by atoms with van der Waals surface area (Å²) in [5.74, 6) is 0.340. The van der Waals surface area contributed by atoms with Gasteiger partial charge in [0.05, 0.1) is 5.69 Å². The van der Waals surface area contributed by atoms with E-state index in [1.807, 2.05) is 27.7 Å². The van der Waals surface area contributed by atoms with E-state index in [0.29, 0.717) is 29.8 Å². The molecule has 1 amide bonds. The van der Waals surface area contributed by atoms with Crippen LogP contribution in [0.3, 0.4) is 0 Å². The highest BCUT2D eigenvalue weighted by molar-refractivity contribution is 5.72. The van der Waals surface area contributed by atoms with Gasteiger partial charge in [0.15, 0.2) is 0 Å². The van der Waals surface area contributed by atoms with Crippen LogP contribution in [0, 0.1) is 6.92 Å². The van der Waals surface area contributed by atoms with Gasteiger partial charge >= 0.3 is 6.09 Å². The number of amides is 1. The van der Waals surface area contributed by atoms with E-state index in [-0.39, 0.29) is 6.04 Å². The number of carbonyl (C=O) groups is 1. The van der Waals surface area contributed by atoms with Crippen molar-refractivity contribution in [2.24, 2.45) is 4.99 Å². The number of nitrogens with zero attached hydrogens (tertiary/aromatic N) is 2. The Morgan fingerprint density at radius 3 is 2.48 bits per heavy atom. The Kier molecular flexibility index (Phi) is 5.32. The van der Waals surface area contributed by atoms with E-state index < -0.39 is 17.2 Å². The van der Waals surface area contributed by atoms with Gasteiger partial charge in [-0.3, -0.25) is 0 Å². The predicted octanol–water partition coefficient (Wildman–Crippen LogP) is 3.46. The summed E-state index contributed by atoms with van der Waals surface area (Å²) in [5, 5.41) is 14.5. The molecule has 0 unspecified atom stereocenters. The second kappa shape index (κ2) is 6.96. The second-order valence-corrected chi connectivity index (χ2v) is 7.68. The maximum Gasteiger partial charge on any atom is 0.412 e. The van der Waals surface area contributed by atoms with Crippen molar-refractivity contribution in [2.45, 2.75) is 64.6 Å². The molecule has 0 aromatic heterocycles. The third-order valence-electron chi connectivity index (χ3n) is 4.58. The molecule has 136 valence electrons. The minimum Gasteiger partial charge on any atom is -0.410 e. The van der Waals surface area contributed by atoms with Crippen LogP contribution < -0.4 is 10.1 Å². The topological polar surface area (TPSA) is 91.2 Å². The minimum atomic E-state index is -0.571. The quantitative estimate of drug-likeness (QED) is 0.645. The monoisotopic (exact) mass is 347 g/mol. The summed E-state index contributed by atoms with van der Waals surface area (Å²) in [7, 11) is 0. The first-order valence-electron chi connectivity index (χ1n) is 8.22. The van der Waals surface area contributed by atoms with Gasteiger partial charge in [0.25, 0.3) is 0 Å². The van der Waals surface area contributed by atoms with Crippen LogP contribution in [0.25, 0.3) is 0 Å². The average molecular weight is 347 g/mol. The molecule has 1 saturated heterocycles. The zero-order valence-corrected chi connectivity index (χ0v) is 15.3. The average Bonchev–Trinajstić information content (AvgIpc) is 2.48. The van der Waals surface area contributed by atoms with Crippen LogP contribution in [0.5, 0.6) is 5.75 Å². The number of ether oxygens (including phenoxy) is 1. The summed E-state index contributed by atoms with van der Waals surface area (Å²) in [6, 6.07) is 4.82. The second-order valence-electron chi connectivity index (χ2n) is 7.68. The van der Waals surface area contributed by atoms with Gasteiger partial charge in [-0.2, -0.15) is 10.1 Å². The van der Waals surface area contributed by atoms with Crippen molar-refractivity contribution < 1.29 is 19.5 Å². The summed E-state index contributed by atoms with van der Waals surface area (Å²) < 4.78 is 5.38. The maximum absolute atomic E-state index is 12.3. The van der Waals surface area contributed by atoms with Crippen LogP contribution >= 0.6 is 0 Å². The Hall–Kier alpha value is -2.21. The summed E-state index contributed by atoms with van der Waals surface area (Å²) in [6.45, 7) is 9.44. The summed E-state index contributed by atoms with van der Waals surface area (Å²) in [5.41, 5.74) is 0.0746. The fraction of sp³-hybridized carbons (Fsp3) is 0.556. The highest BCUT2D eigenvalue weighted by Crippen LogP contribution is 2.36. The van der Waals surface area contributed by atoms with Gasteiger partial charge < -0.3 is 15.3 Å². The number of isocyanates is 1. The number of nitrogens with one attached hydrogen (secondary N) is 1. The van der Waals surface area contributed by atoms with E-state index in [0.717, 1.165) is 0 Å². The van der Waals surface area contributed by atoms with Crippen LogP contribution in [0.1, 0.15) is 46.1 Å². The molecule has 1 aromatic carbocycles. The third-order valence-corrected chi connectivity index (χ3v) is 4.58. The smallest absolute Gasteiger partial charge is 0.410 e. The van der Waals surface area contributed by atoms with E-state index in [1.165, 1.54) is 11.1 Å². The number of hydroxylamine groups is 2. The minimum absolute atomic E-state index is 0.127. The van der Waals surface area contributed by atoms with Gasteiger partial charge in [0.2, 0.25) is 6.08 Å². The number of benzene rings is 1. The van der Waals surface area contributed by atoms with Crippen molar-refractivity contribution in [1.29, 1.82) is 0 Å². The van der Waals surface area contributed by atoms with Gasteiger partial charge in [0.1, 0.15) is 5.75 Å². The fourth-order valence-electron chi connectivity index (χ4n) is 3.55. The molecule has 7 nitrogen and oxygen atoms in total. The predicted molar refractivity (Wildman–Crippen MR) is 92.9 cm³/mol. The number of piperidine rings is 1. The zero-order valence-electron chi connectivity index (χ0n) is 15.3. The Balaban J connectivity index is 2.08. The highest BCUT2D eigenvalue weighted by atomic mass is 16.6. The summed E-state index contributed by atoms with van der Waals surface area (Å²) in [4.78, 5) is 26.3. The number of carbonyl (C=O) groups excluding carboxylic acids is 2. The van der Waals surface area contributed by atoms with Crippen molar-refractivity contribution in [1.82, 2.24) is 10.4 Å². The Morgan fingerprint density at radius 1 is 1.32 bits per heavy atom. The highest BCUT2D eigenvalue weighted by Gasteiger charge is 2.45. The van der Waals surface area contributed by atoms with Crippen molar-refractivity contribution in [3.8, 4) is 5.75 Å². The molecule has 0 aliphatic carbocycles. The molecule has 2 N–H and O–H groups in total. The molecule has 25 heavy (non-hydrogen) atoms. The molecule has 0 spiro atoms. The molecule has 7 heteroatoms. The standard InChI is InChI=1S/C18H25N3O4/c1-12-14(19-11-22)7-6-8-15(12)25-16(23)20-13-9-17(2,3)21(24)18(4,5)10-13/h6-8,13,24H,9-10H2,1-5H3,(H,20,23). The number of hydrogen-bond acceptors (Lipinski definition) is 6. The molecular weight excluding hydrogens is 322 g/mol.